The number of ketones is 1. The Balaban J connectivity index is 1.50. The van der Waals surface area contributed by atoms with Crippen LogP contribution in [0.1, 0.15) is 112 Å². The van der Waals surface area contributed by atoms with Gasteiger partial charge in [0.2, 0.25) is 0 Å². The number of hydrogen-bond donors (Lipinski definition) is 0. The Morgan fingerprint density at radius 1 is 0.893 bits per heavy atom. The highest BCUT2D eigenvalue weighted by Gasteiger charge is 2.61. The van der Waals surface area contributed by atoms with Crippen molar-refractivity contribution in [2.24, 2.45) is 52.3 Å². The molecule has 0 spiro atoms. The molecule has 0 saturated heterocycles. The van der Waals surface area contributed by atoms with Crippen molar-refractivity contribution in [1.29, 1.82) is 0 Å². The second kappa shape index (κ2) is 7.73. The highest BCUT2D eigenvalue weighted by Crippen LogP contribution is 2.67. The van der Waals surface area contributed by atoms with Crippen LogP contribution in [0.4, 0.5) is 0 Å². The van der Waals surface area contributed by atoms with Gasteiger partial charge >= 0.3 is 0 Å². The zero-order chi connectivity index (χ0) is 20.1. The molecule has 0 aromatic rings. The molecule has 0 N–H and O–H groups in total. The Kier molecular flexibility index (Phi) is 5.78. The van der Waals surface area contributed by atoms with E-state index < -0.39 is 0 Å². The van der Waals surface area contributed by atoms with Crippen LogP contribution in [0.25, 0.3) is 0 Å². The van der Waals surface area contributed by atoms with Crippen LogP contribution in [0.3, 0.4) is 0 Å². The maximum atomic E-state index is 13.2. The van der Waals surface area contributed by atoms with E-state index in [-0.39, 0.29) is 0 Å². The molecule has 0 bridgehead atoms. The molecule has 0 unspecified atom stereocenters. The fourth-order valence-electron chi connectivity index (χ4n) is 9.12. The van der Waals surface area contributed by atoms with Gasteiger partial charge in [-0.3, -0.25) is 4.79 Å². The molecule has 4 aliphatic rings. The van der Waals surface area contributed by atoms with Crippen molar-refractivity contribution in [2.45, 2.75) is 112 Å². The van der Waals surface area contributed by atoms with Crippen LogP contribution < -0.4 is 0 Å². The predicted octanol–water partition coefficient (Wildman–Crippen LogP) is 7.68. The third-order valence-electron chi connectivity index (χ3n) is 10.6. The van der Waals surface area contributed by atoms with Crippen molar-refractivity contribution < 1.29 is 4.79 Å². The zero-order valence-electron chi connectivity index (χ0n) is 19.4. The lowest BCUT2D eigenvalue weighted by Gasteiger charge is -2.60. The summed E-state index contributed by atoms with van der Waals surface area (Å²) in [6.45, 7) is 12.4. The minimum absolute atomic E-state index is 0.334. The number of Topliss-reactive ketones (excluding diaryl/α,β-unsaturated/α-hetero) is 1. The molecule has 4 rings (SSSR count). The van der Waals surface area contributed by atoms with Crippen molar-refractivity contribution in [3.63, 3.8) is 0 Å². The predicted molar refractivity (Wildman–Crippen MR) is 118 cm³/mol. The van der Waals surface area contributed by atoms with Crippen molar-refractivity contribution in [3.8, 4) is 0 Å². The number of carbonyl (C=O) groups is 1. The summed E-state index contributed by atoms with van der Waals surface area (Å²) in [5.74, 6) is 6.03. The van der Waals surface area contributed by atoms with Crippen molar-refractivity contribution in [1.82, 2.24) is 0 Å². The van der Waals surface area contributed by atoms with Gasteiger partial charge in [-0.2, -0.15) is 0 Å². The number of fused-ring (bicyclic) bond motifs is 5. The van der Waals surface area contributed by atoms with Gasteiger partial charge in [-0.15, -0.1) is 0 Å². The lowest BCUT2D eigenvalue weighted by molar-refractivity contribution is -0.154. The van der Waals surface area contributed by atoms with E-state index in [4.69, 9.17) is 0 Å². The fourth-order valence-corrected chi connectivity index (χ4v) is 9.12. The Morgan fingerprint density at radius 2 is 1.64 bits per heavy atom. The number of rotatable bonds is 5. The molecule has 1 nitrogen and oxygen atoms in total. The lowest BCUT2D eigenvalue weighted by Crippen LogP contribution is -2.56. The second-order valence-electron chi connectivity index (χ2n) is 12.4. The van der Waals surface area contributed by atoms with Crippen molar-refractivity contribution in [2.75, 3.05) is 0 Å². The fraction of sp³-hybridized carbons (Fsp3) is 0.963. The molecule has 4 aliphatic carbocycles. The molecule has 0 aromatic carbocycles. The molecular formula is C27H46O. The first-order valence-electron chi connectivity index (χ1n) is 12.8. The lowest BCUT2D eigenvalue weighted by atomic mass is 9.44. The van der Waals surface area contributed by atoms with E-state index in [0.717, 1.165) is 36.0 Å². The SMILES string of the molecule is CC(C)CCC[C@@H](C)[C@@H]1CC[C@@H]2[C@@H]3CC(=O)[C@H]4CCCC[C@]4(C)[C@H]3CC[C@@]21C. The van der Waals surface area contributed by atoms with E-state index in [1.807, 2.05) is 0 Å². The molecule has 0 amide bonds. The van der Waals surface area contributed by atoms with Crippen LogP contribution in [0, 0.1) is 52.3 Å². The van der Waals surface area contributed by atoms with Crippen LogP contribution in [0.2, 0.25) is 0 Å². The summed E-state index contributed by atoms with van der Waals surface area (Å²) < 4.78 is 0. The van der Waals surface area contributed by atoms with Crippen molar-refractivity contribution in [3.05, 3.63) is 0 Å². The van der Waals surface area contributed by atoms with E-state index in [0.29, 0.717) is 28.4 Å². The molecule has 4 fully saturated rings. The smallest absolute Gasteiger partial charge is 0.136 e. The highest BCUT2D eigenvalue weighted by molar-refractivity contribution is 5.83. The molecule has 0 aliphatic heterocycles. The third-order valence-corrected chi connectivity index (χ3v) is 10.6. The van der Waals surface area contributed by atoms with Crippen LogP contribution >= 0.6 is 0 Å². The minimum Gasteiger partial charge on any atom is -0.299 e. The van der Waals surface area contributed by atoms with Crippen LogP contribution in [0.15, 0.2) is 0 Å². The van der Waals surface area contributed by atoms with E-state index in [9.17, 15) is 4.79 Å². The van der Waals surface area contributed by atoms with Gasteiger partial charge in [0.05, 0.1) is 0 Å². The quantitative estimate of drug-likeness (QED) is 0.473. The first-order valence-corrected chi connectivity index (χ1v) is 12.8. The van der Waals surface area contributed by atoms with E-state index in [1.165, 1.54) is 70.6 Å². The topological polar surface area (TPSA) is 17.1 Å². The Hall–Kier alpha value is -0.330. The van der Waals surface area contributed by atoms with Gasteiger partial charge in [-0.05, 0) is 84.9 Å². The van der Waals surface area contributed by atoms with Gasteiger partial charge in [0.15, 0.2) is 0 Å². The van der Waals surface area contributed by atoms with Gasteiger partial charge in [0.1, 0.15) is 5.78 Å². The van der Waals surface area contributed by atoms with E-state index in [2.05, 4.69) is 34.6 Å². The number of carbonyl (C=O) groups excluding carboxylic acids is 1. The number of hydrogen-bond acceptors (Lipinski definition) is 1. The van der Waals surface area contributed by atoms with E-state index >= 15 is 0 Å². The van der Waals surface area contributed by atoms with Gasteiger partial charge < -0.3 is 0 Å². The highest BCUT2D eigenvalue weighted by atomic mass is 16.1. The molecule has 0 heterocycles. The van der Waals surface area contributed by atoms with Crippen LogP contribution in [-0.2, 0) is 4.79 Å². The van der Waals surface area contributed by atoms with Crippen LogP contribution in [-0.4, -0.2) is 5.78 Å². The Labute approximate surface area is 174 Å². The first-order chi connectivity index (χ1) is 13.3. The summed E-state index contributed by atoms with van der Waals surface area (Å²) in [6.07, 6.45) is 16.0. The Morgan fingerprint density at radius 3 is 2.39 bits per heavy atom. The third kappa shape index (κ3) is 3.31. The molecular weight excluding hydrogens is 340 g/mol. The maximum Gasteiger partial charge on any atom is 0.136 e. The zero-order valence-corrected chi connectivity index (χ0v) is 19.4. The van der Waals surface area contributed by atoms with Crippen molar-refractivity contribution >= 4 is 5.78 Å². The van der Waals surface area contributed by atoms with Gasteiger partial charge in [0.25, 0.3) is 0 Å². The summed E-state index contributed by atoms with van der Waals surface area (Å²) >= 11 is 0. The average molecular weight is 387 g/mol. The molecule has 0 aromatic heterocycles. The monoisotopic (exact) mass is 386 g/mol. The maximum absolute atomic E-state index is 13.2. The second-order valence-corrected chi connectivity index (χ2v) is 12.4. The summed E-state index contributed by atoms with van der Waals surface area (Å²) in [5, 5.41) is 0. The normalized spacial score (nSPS) is 46.8. The molecule has 0 radical (unpaired) electrons. The standard InChI is InChI=1S/C27H46O/c1-18(2)9-8-10-19(3)21-12-13-22-20-17-25(28)24-11-6-7-15-26(24,4)23(20)14-16-27(21,22)5/h18-24H,6-17H2,1-5H3/t19-,20+,21+,22-,23+,24-,26-,27-/m1/s1. The molecule has 8 atom stereocenters. The van der Waals surface area contributed by atoms with Gasteiger partial charge in [-0.1, -0.05) is 66.7 Å². The molecule has 4 saturated carbocycles. The summed E-state index contributed by atoms with van der Waals surface area (Å²) in [5.41, 5.74) is 0.844. The summed E-state index contributed by atoms with van der Waals surface area (Å²) in [4.78, 5) is 13.2. The average Bonchev–Trinajstić information content (AvgIpc) is 2.99. The summed E-state index contributed by atoms with van der Waals surface area (Å²) in [6, 6.07) is 0. The molecule has 160 valence electrons. The molecule has 28 heavy (non-hydrogen) atoms. The van der Waals surface area contributed by atoms with Gasteiger partial charge in [0, 0.05) is 12.3 Å². The van der Waals surface area contributed by atoms with Crippen LogP contribution in [0.5, 0.6) is 0 Å². The minimum atomic E-state index is 0.334. The van der Waals surface area contributed by atoms with Gasteiger partial charge in [-0.25, -0.2) is 0 Å². The summed E-state index contributed by atoms with van der Waals surface area (Å²) in [7, 11) is 0. The largest absolute Gasteiger partial charge is 0.299 e. The molecule has 1 heteroatoms. The first kappa shape index (κ1) is 20.9. The van der Waals surface area contributed by atoms with E-state index in [1.54, 1.807) is 0 Å². The Bertz CT molecular complexity index is 579.